The Balaban J connectivity index is 1.46. The van der Waals surface area contributed by atoms with Crippen LogP contribution in [0.25, 0.3) is 0 Å². The Morgan fingerprint density at radius 1 is 1.40 bits per heavy atom. The van der Waals surface area contributed by atoms with Crippen LogP contribution in [0.5, 0.6) is 0 Å². The average molecular weight is 274 g/mol. The molecule has 0 bridgehead atoms. The molecule has 2 fully saturated rings. The third-order valence-electron chi connectivity index (χ3n) is 4.67. The van der Waals surface area contributed by atoms with Crippen molar-refractivity contribution in [1.82, 2.24) is 19.6 Å². The summed E-state index contributed by atoms with van der Waals surface area (Å²) in [6, 6.07) is 1.57. The first-order chi connectivity index (χ1) is 9.76. The van der Waals surface area contributed by atoms with E-state index in [0.717, 1.165) is 25.2 Å². The van der Waals surface area contributed by atoms with Gasteiger partial charge in [0.25, 0.3) is 0 Å². The van der Waals surface area contributed by atoms with Crippen LogP contribution in [0.1, 0.15) is 31.7 Å². The molecule has 1 aromatic rings. The van der Waals surface area contributed by atoms with Crippen molar-refractivity contribution in [3.8, 4) is 0 Å². The zero-order valence-electron chi connectivity index (χ0n) is 12.5. The van der Waals surface area contributed by atoms with Crippen molar-refractivity contribution in [2.45, 2.75) is 51.4 Å². The van der Waals surface area contributed by atoms with Gasteiger partial charge in [-0.15, -0.1) is 6.58 Å². The molecule has 0 radical (unpaired) electrons. The minimum absolute atomic E-state index is 0.784. The van der Waals surface area contributed by atoms with Gasteiger partial charge in [-0.2, -0.15) is 5.10 Å². The van der Waals surface area contributed by atoms with Crippen molar-refractivity contribution in [3.63, 3.8) is 0 Å². The third kappa shape index (κ3) is 2.96. The normalized spacial score (nSPS) is 25.6. The maximum absolute atomic E-state index is 4.35. The highest BCUT2D eigenvalue weighted by molar-refractivity contribution is 5.06. The molecule has 110 valence electrons. The molecular formula is C16H26N4. The van der Waals surface area contributed by atoms with Crippen LogP contribution in [-0.2, 0) is 13.1 Å². The van der Waals surface area contributed by atoms with E-state index < -0.39 is 0 Å². The Kier molecular flexibility index (Phi) is 4.22. The Labute approximate surface area is 122 Å². The molecule has 0 spiro atoms. The van der Waals surface area contributed by atoms with Crippen LogP contribution in [0.4, 0.5) is 0 Å². The van der Waals surface area contributed by atoms with E-state index in [1.807, 2.05) is 17.0 Å². The van der Waals surface area contributed by atoms with Crippen LogP contribution in [-0.4, -0.2) is 51.3 Å². The maximum Gasteiger partial charge on any atom is 0.0587 e. The van der Waals surface area contributed by atoms with Gasteiger partial charge in [-0.1, -0.05) is 12.5 Å². The molecule has 2 aliphatic heterocycles. The second-order valence-corrected chi connectivity index (χ2v) is 6.29. The quantitative estimate of drug-likeness (QED) is 0.769. The van der Waals surface area contributed by atoms with Gasteiger partial charge in [0.1, 0.15) is 0 Å². The summed E-state index contributed by atoms with van der Waals surface area (Å²) in [5, 5.41) is 4.35. The number of aromatic nitrogens is 2. The lowest BCUT2D eigenvalue weighted by atomic mass is 9.97. The summed E-state index contributed by atoms with van der Waals surface area (Å²) in [7, 11) is 0. The van der Waals surface area contributed by atoms with Crippen LogP contribution in [0, 0.1) is 0 Å². The summed E-state index contributed by atoms with van der Waals surface area (Å²) >= 11 is 0. The lowest BCUT2D eigenvalue weighted by Gasteiger charge is -2.49. The van der Waals surface area contributed by atoms with E-state index in [1.54, 1.807) is 0 Å². The van der Waals surface area contributed by atoms with Gasteiger partial charge in [0, 0.05) is 43.5 Å². The Hall–Kier alpha value is -1.13. The second kappa shape index (κ2) is 6.10. The topological polar surface area (TPSA) is 24.3 Å². The number of nitrogens with zero attached hydrogens (tertiary/aromatic N) is 4. The first kappa shape index (κ1) is 13.8. The summed E-state index contributed by atoms with van der Waals surface area (Å²) in [6.07, 6.45) is 10.2. The molecule has 0 N–H and O–H groups in total. The molecule has 20 heavy (non-hydrogen) atoms. The molecule has 3 heterocycles. The van der Waals surface area contributed by atoms with Crippen molar-refractivity contribution in [2.24, 2.45) is 0 Å². The Morgan fingerprint density at radius 3 is 3.00 bits per heavy atom. The van der Waals surface area contributed by atoms with E-state index in [2.05, 4.69) is 34.6 Å². The largest absolute Gasteiger partial charge is 0.296 e. The number of rotatable bonds is 5. The average Bonchev–Trinajstić information content (AvgIpc) is 2.83. The number of hydrogen-bond acceptors (Lipinski definition) is 3. The minimum Gasteiger partial charge on any atom is -0.296 e. The zero-order valence-corrected chi connectivity index (χ0v) is 12.5. The van der Waals surface area contributed by atoms with Crippen LogP contribution in [0.2, 0.25) is 0 Å². The van der Waals surface area contributed by atoms with Gasteiger partial charge in [-0.25, -0.2) is 0 Å². The highest BCUT2D eigenvalue weighted by Gasteiger charge is 2.34. The van der Waals surface area contributed by atoms with Gasteiger partial charge in [0.2, 0.25) is 0 Å². The standard InChI is InChI=1S/C16H26N4/c1-3-7-19-11-15(9-17-19)10-18-12-16(13-18)20-8-5-4-6-14(20)2/h3,9,11,14,16H,1,4-8,10,12-13H2,2H3/t14-/m0/s1. The fourth-order valence-electron chi connectivity index (χ4n) is 3.52. The SMILES string of the molecule is C=CCn1cc(CN2CC(N3CCCC[C@@H]3C)C2)cn1. The van der Waals surface area contributed by atoms with Crippen LogP contribution in [0.15, 0.2) is 25.0 Å². The molecule has 2 aliphatic rings. The zero-order chi connectivity index (χ0) is 13.9. The predicted octanol–water partition coefficient (Wildman–Crippen LogP) is 2.13. The molecule has 1 aromatic heterocycles. The van der Waals surface area contributed by atoms with Crippen molar-refractivity contribution >= 4 is 0 Å². The molecule has 2 saturated heterocycles. The molecular weight excluding hydrogens is 248 g/mol. The molecule has 0 unspecified atom stereocenters. The van der Waals surface area contributed by atoms with Crippen molar-refractivity contribution < 1.29 is 0 Å². The van der Waals surface area contributed by atoms with Crippen molar-refractivity contribution in [1.29, 1.82) is 0 Å². The number of hydrogen-bond donors (Lipinski definition) is 0. The van der Waals surface area contributed by atoms with E-state index in [4.69, 9.17) is 0 Å². The summed E-state index contributed by atoms with van der Waals surface area (Å²) < 4.78 is 1.95. The van der Waals surface area contributed by atoms with Gasteiger partial charge < -0.3 is 0 Å². The van der Waals surface area contributed by atoms with Crippen molar-refractivity contribution in [3.05, 3.63) is 30.6 Å². The van der Waals surface area contributed by atoms with E-state index in [0.29, 0.717) is 0 Å². The summed E-state index contributed by atoms with van der Waals surface area (Å²) in [5.74, 6) is 0. The van der Waals surface area contributed by atoms with E-state index in [1.165, 1.54) is 44.5 Å². The summed E-state index contributed by atoms with van der Waals surface area (Å²) in [4.78, 5) is 5.25. The summed E-state index contributed by atoms with van der Waals surface area (Å²) in [6.45, 7) is 11.7. The van der Waals surface area contributed by atoms with Gasteiger partial charge in [-0.05, 0) is 26.3 Å². The summed E-state index contributed by atoms with van der Waals surface area (Å²) in [5.41, 5.74) is 1.32. The lowest BCUT2D eigenvalue weighted by Crippen LogP contribution is -2.61. The maximum atomic E-state index is 4.35. The van der Waals surface area contributed by atoms with Gasteiger partial charge >= 0.3 is 0 Å². The molecule has 0 saturated carbocycles. The van der Waals surface area contributed by atoms with Crippen LogP contribution in [0.3, 0.4) is 0 Å². The molecule has 0 amide bonds. The molecule has 0 aromatic carbocycles. The van der Waals surface area contributed by atoms with E-state index >= 15 is 0 Å². The number of likely N-dealkylation sites (tertiary alicyclic amines) is 2. The fraction of sp³-hybridized carbons (Fsp3) is 0.688. The molecule has 4 nitrogen and oxygen atoms in total. The van der Waals surface area contributed by atoms with Crippen LogP contribution < -0.4 is 0 Å². The molecule has 4 heteroatoms. The number of piperidine rings is 1. The Morgan fingerprint density at radius 2 is 2.25 bits per heavy atom. The van der Waals surface area contributed by atoms with Gasteiger partial charge in [-0.3, -0.25) is 14.5 Å². The monoisotopic (exact) mass is 274 g/mol. The predicted molar refractivity (Wildman–Crippen MR) is 81.5 cm³/mol. The highest BCUT2D eigenvalue weighted by atomic mass is 15.3. The van der Waals surface area contributed by atoms with Gasteiger partial charge in [0.05, 0.1) is 12.7 Å². The van der Waals surface area contributed by atoms with Gasteiger partial charge in [0.15, 0.2) is 0 Å². The molecule has 0 aliphatic carbocycles. The molecule has 3 rings (SSSR count). The second-order valence-electron chi connectivity index (χ2n) is 6.29. The van der Waals surface area contributed by atoms with Crippen molar-refractivity contribution in [2.75, 3.05) is 19.6 Å². The van der Waals surface area contributed by atoms with E-state index in [-0.39, 0.29) is 0 Å². The lowest BCUT2D eigenvalue weighted by molar-refractivity contribution is -0.00621. The molecule has 1 atom stereocenters. The Bertz CT molecular complexity index is 447. The van der Waals surface area contributed by atoms with Crippen LogP contribution >= 0.6 is 0 Å². The highest BCUT2D eigenvalue weighted by Crippen LogP contribution is 2.25. The first-order valence-corrected chi connectivity index (χ1v) is 7.86. The third-order valence-corrected chi connectivity index (χ3v) is 4.67. The number of allylic oxidation sites excluding steroid dienone is 1. The van der Waals surface area contributed by atoms with E-state index in [9.17, 15) is 0 Å². The first-order valence-electron chi connectivity index (χ1n) is 7.86. The fourth-order valence-corrected chi connectivity index (χ4v) is 3.52. The minimum atomic E-state index is 0.784. The smallest absolute Gasteiger partial charge is 0.0587 e.